The predicted octanol–water partition coefficient (Wildman–Crippen LogP) is 2.85. The maximum atomic E-state index is 12.4. The highest BCUT2D eigenvalue weighted by molar-refractivity contribution is 5.88. The molecule has 1 atom stereocenters. The summed E-state index contributed by atoms with van der Waals surface area (Å²) < 4.78 is 10.2. The van der Waals surface area contributed by atoms with Crippen molar-refractivity contribution < 1.29 is 19.1 Å². The first-order valence-corrected chi connectivity index (χ1v) is 6.99. The van der Waals surface area contributed by atoms with Gasteiger partial charge in [0.25, 0.3) is 0 Å². The highest BCUT2D eigenvalue weighted by atomic mass is 16.5. The Hall–Kier alpha value is -1.84. The van der Waals surface area contributed by atoms with Crippen LogP contribution in [0.2, 0.25) is 0 Å². The van der Waals surface area contributed by atoms with Gasteiger partial charge in [-0.15, -0.1) is 0 Å². The van der Waals surface area contributed by atoms with Crippen molar-refractivity contribution in [1.82, 2.24) is 0 Å². The standard InChI is InChI=1S/C16H22O4/c1-4-16(15(18)20-6-3,12-14(17)19-5-2)13-10-8-7-9-11-13/h7-11H,4-6,12H2,1-3H3. The van der Waals surface area contributed by atoms with Crippen LogP contribution in [-0.4, -0.2) is 25.2 Å². The molecule has 1 rings (SSSR count). The molecule has 1 aromatic carbocycles. The van der Waals surface area contributed by atoms with Crippen molar-refractivity contribution in [2.75, 3.05) is 13.2 Å². The molecular formula is C16H22O4. The number of rotatable bonds is 7. The smallest absolute Gasteiger partial charge is 0.317 e. The third-order valence-electron chi connectivity index (χ3n) is 3.35. The van der Waals surface area contributed by atoms with Crippen molar-refractivity contribution in [3.8, 4) is 0 Å². The lowest BCUT2D eigenvalue weighted by Gasteiger charge is -2.29. The van der Waals surface area contributed by atoms with E-state index in [1.807, 2.05) is 37.3 Å². The van der Waals surface area contributed by atoms with Crippen molar-refractivity contribution in [3.63, 3.8) is 0 Å². The molecule has 0 fully saturated rings. The lowest BCUT2D eigenvalue weighted by molar-refractivity contribution is -0.157. The van der Waals surface area contributed by atoms with Crippen LogP contribution in [0.5, 0.6) is 0 Å². The number of carbonyl (C=O) groups is 2. The van der Waals surface area contributed by atoms with Gasteiger partial charge in [0.1, 0.15) is 5.41 Å². The molecule has 0 aliphatic rings. The first-order valence-electron chi connectivity index (χ1n) is 6.99. The fraction of sp³-hybridized carbons (Fsp3) is 0.500. The molecule has 0 amide bonds. The van der Waals surface area contributed by atoms with Gasteiger partial charge in [-0.05, 0) is 25.8 Å². The van der Waals surface area contributed by atoms with Crippen molar-refractivity contribution in [1.29, 1.82) is 0 Å². The monoisotopic (exact) mass is 278 g/mol. The molecule has 0 radical (unpaired) electrons. The molecule has 4 nitrogen and oxygen atoms in total. The minimum atomic E-state index is -0.969. The summed E-state index contributed by atoms with van der Waals surface area (Å²) in [6.45, 7) is 5.97. The van der Waals surface area contributed by atoms with Crippen LogP contribution in [0.15, 0.2) is 30.3 Å². The summed E-state index contributed by atoms with van der Waals surface area (Å²) in [5, 5.41) is 0. The van der Waals surface area contributed by atoms with E-state index in [0.717, 1.165) is 5.56 Å². The van der Waals surface area contributed by atoms with Crippen LogP contribution in [0.4, 0.5) is 0 Å². The Kier molecular flexibility index (Phi) is 6.22. The number of hydrogen-bond acceptors (Lipinski definition) is 4. The van der Waals surface area contributed by atoms with E-state index in [-0.39, 0.29) is 25.0 Å². The molecule has 0 aliphatic heterocycles. The van der Waals surface area contributed by atoms with Crippen LogP contribution in [0, 0.1) is 0 Å². The number of esters is 2. The van der Waals surface area contributed by atoms with E-state index in [9.17, 15) is 9.59 Å². The van der Waals surface area contributed by atoms with Crippen molar-refractivity contribution in [3.05, 3.63) is 35.9 Å². The number of hydrogen-bond donors (Lipinski definition) is 0. The normalized spacial score (nSPS) is 13.3. The van der Waals surface area contributed by atoms with Gasteiger partial charge >= 0.3 is 11.9 Å². The van der Waals surface area contributed by atoms with Gasteiger partial charge in [0.2, 0.25) is 0 Å². The third kappa shape index (κ3) is 3.59. The molecule has 110 valence electrons. The summed E-state index contributed by atoms with van der Waals surface area (Å²) in [4.78, 5) is 24.3. The zero-order valence-electron chi connectivity index (χ0n) is 12.3. The minimum Gasteiger partial charge on any atom is -0.466 e. The largest absolute Gasteiger partial charge is 0.466 e. The molecule has 20 heavy (non-hydrogen) atoms. The van der Waals surface area contributed by atoms with Crippen LogP contribution in [0.3, 0.4) is 0 Å². The molecule has 0 N–H and O–H groups in total. The third-order valence-corrected chi connectivity index (χ3v) is 3.35. The second-order valence-electron chi connectivity index (χ2n) is 4.50. The molecule has 0 heterocycles. The van der Waals surface area contributed by atoms with Gasteiger partial charge in [-0.25, -0.2) is 0 Å². The van der Waals surface area contributed by atoms with Gasteiger partial charge < -0.3 is 9.47 Å². The van der Waals surface area contributed by atoms with Crippen LogP contribution in [0.25, 0.3) is 0 Å². The summed E-state index contributed by atoms with van der Waals surface area (Å²) in [5.41, 5.74) is -0.183. The van der Waals surface area contributed by atoms with Gasteiger partial charge in [0.05, 0.1) is 19.6 Å². The van der Waals surface area contributed by atoms with Crippen LogP contribution in [0.1, 0.15) is 39.2 Å². The molecule has 1 aromatic rings. The number of carbonyl (C=O) groups excluding carboxylic acids is 2. The molecule has 1 unspecified atom stereocenters. The van der Waals surface area contributed by atoms with E-state index in [0.29, 0.717) is 13.0 Å². The van der Waals surface area contributed by atoms with E-state index in [1.165, 1.54) is 0 Å². The van der Waals surface area contributed by atoms with Gasteiger partial charge in [0.15, 0.2) is 0 Å². The average Bonchev–Trinajstić information content (AvgIpc) is 2.46. The molecule has 4 heteroatoms. The van der Waals surface area contributed by atoms with Crippen molar-refractivity contribution in [2.24, 2.45) is 0 Å². The zero-order chi connectivity index (χ0) is 15.0. The van der Waals surface area contributed by atoms with Crippen LogP contribution >= 0.6 is 0 Å². The second kappa shape index (κ2) is 7.68. The Morgan fingerprint density at radius 3 is 2.10 bits per heavy atom. The Morgan fingerprint density at radius 1 is 1.00 bits per heavy atom. The first-order chi connectivity index (χ1) is 9.60. The summed E-state index contributed by atoms with van der Waals surface area (Å²) in [5.74, 6) is -0.756. The number of ether oxygens (including phenoxy) is 2. The SMILES string of the molecule is CCOC(=O)CC(CC)(C(=O)OCC)c1ccccc1. The highest BCUT2D eigenvalue weighted by Gasteiger charge is 2.42. The number of benzene rings is 1. The topological polar surface area (TPSA) is 52.6 Å². The fourth-order valence-corrected chi connectivity index (χ4v) is 2.25. The Labute approximate surface area is 120 Å². The molecule has 0 bridgehead atoms. The lowest BCUT2D eigenvalue weighted by Crippen LogP contribution is -2.39. The zero-order valence-corrected chi connectivity index (χ0v) is 12.3. The maximum absolute atomic E-state index is 12.4. The maximum Gasteiger partial charge on any atom is 0.317 e. The predicted molar refractivity (Wildman–Crippen MR) is 76.3 cm³/mol. The first kappa shape index (κ1) is 16.2. The van der Waals surface area contributed by atoms with Crippen LogP contribution in [-0.2, 0) is 24.5 Å². The fourth-order valence-electron chi connectivity index (χ4n) is 2.25. The highest BCUT2D eigenvalue weighted by Crippen LogP contribution is 2.33. The Balaban J connectivity index is 3.16. The average molecular weight is 278 g/mol. The van der Waals surface area contributed by atoms with Gasteiger partial charge in [-0.2, -0.15) is 0 Å². The Morgan fingerprint density at radius 2 is 1.60 bits per heavy atom. The molecule has 0 aliphatic carbocycles. The molecule has 0 spiro atoms. The van der Waals surface area contributed by atoms with Crippen molar-refractivity contribution >= 4 is 11.9 Å². The van der Waals surface area contributed by atoms with E-state index < -0.39 is 5.41 Å². The molecular weight excluding hydrogens is 256 g/mol. The van der Waals surface area contributed by atoms with Gasteiger partial charge in [-0.3, -0.25) is 9.59 Å². The Bertz CT molecular complexity index is 441. The minimum absolute atomic E-state index is 0.000185. The molecule has 0 aromatic heterocycles. The molecule has 0 saturated heterocycles. The summed E-state index contributed by atoms with van der Waals surface area (Å²) >= 11 is 0. The summed E-state index contributed by atoms with van der Waals surface area (Å²) in [6, 6.07) is 9.27. The quantitative estimate of drug-likeness (QED) is 0.720. The molecule has 0 saturated carbocycles. The van der Waals surface area contributed by atoms with E-state index in [4.69, 9.17) is 9.47 Å². The van der Waals surface area contributed by atoms with E-state index in [2.05, 4.69) is 0 Å². The van der Waals surface area contributed by atoms with Gasteiger partial charge in [0, 0.05) is 0 Å². The lowest BCUT2D eigenvalue weighted by atomic mass is 9.75. The van der Waals surface area contributed by atoms with E-state index >= 15 is 0 Å². The second-order valence-corrected chi connectivity index (χ2v) is 4.50. The summed E-state index contributed by atoms with van der Waals surface area (Å²) in [6.07, 6.45) is 0.481. The van der Waals surface area contributed by atoms with Gasteiger partial charge in [-0.1, -0.05) is 37.3 Å². The van der Waals surface area contributed by atoms with E-state index in [1.54, 1.807) is 13.8 Å². The summed E-state index contributed by atoms with van der Waals surface area (Å²) in [7, 11) is 0. The van der Waals surface area contributed by atoms with Crippen molar-refractivity contribution in [2.45, 2.75) is 39.0 Å². The van der Waals surface area contributed by atoms with Crippen LogP contribution < -0.4 is 0 Å².